The molecule has 7 nitrogen and oxygen atoms in total. The van der Waals surface area contributed by atoms with Gasteiger partial charge in [-0.25, -0.2) is 4.39 Å². The molecule has 0 aliphatic carbocycles. The van der Waals surface area contributed by atoms with Crippen LogP contribution < -0.4 is 9.64 Å². The molecule has 0 N–H and O–H groups in total. The Morgan fingerprint density at radius 2 is 1.98 bits per heavy atom. The Labute approximate surface area is 232 Å². The van der Waals surface area contributed by atoms with E-state index in [1.165, 1.54) is 12.6 Å². The predicted octanol–water partition coefficient (Wildman–Crippen LogP) is 5.80. The molecule has 0 amide bonds. The molecule has 7 rings (SSSR count). The summed E-state index contributed by atoms with van der Waals surface area (Å²) in [6.07, 6.45) is 7.85. The van der Waals surface area contributed by atoms with E-state index in [2.05, 4.69) is 76.2 Å². The number of anilines is 1. The molecule has 0 radical (unpaired) electrons. The second-order valence-electron chi connectivity index (χ2n) is 11.0. The van der Waals surface area contributed by atoms with E-state index < -0.39 is 0 Å². The molecule has 40 heavy (non-hydrogen) atoms. The molecule has 3 aromatic heterocycles. The fourth-order valence-electron chi connectivity index (χ4n) is 6.13. The van der Waals surface area contributed by atoms with E-state index in [1.807, 2.05) is 12.3 Å². The average Bonchev–Trinajstić information content (AvgIpc) is 3.39. The van der Waals surface area contributed by atoms with E-state index in [0.29, 0.717) is 37.2 Å². The Morgan fingerprint density at radius 3 is 2.85 bits per heavy atom. The highest BCUT2D eigenvalue weighted by atomic mass is 19.1. The number of fused-ring (bicyclic) bond motifs is 3. The highest BCUT2D eigenvalue weighted by molar-refractivity contribution is 5.98. The van der Waals surface area contributed by atoms with Crippen LogP contribution in [-0.4, -0.2) is 57.1 Å². The average molecular weight is 535 g/mol. The molecule has 1 fully saturated rings. The van der Waals surface area contributed by atoms with Crippen molar-refractivity contribution in [1.29, 1.82) is 0 Å². The van der Waals surface area contributed by atoms with Crippen LogP contribution in [-0.2, 0) is 13.0 Å². The SMILES string of the molecule is C[C@@H]1Cc2cncc(F)c2CN1c1nc(OC[C@@H]2CCCN2C)nc2cc(-c3cccc4cccnc34)ccc12. The number of hydrogen-bond acceptors (Lipinski definition) is 7. The molecular formula is C32H31FN6O. The van der Waals surface area contributed by atoms with Crippen LogP contribution in [0.3, 0.4) is 0 Å². The van der Waals surface area contributed by atoms with Crippen molar-refractivity contribution < 1.29 is 9.13 Å². The number of pyridine rings is 2. The van der Waals surface area contributed by atoms with Gasteiger partial charge in [-0.1, -0.05) is 30.3 Å². The van der Waals surface area contributed by atoms with Crippen LogP contribution in [0.25, 0.3) is 32.9 Å². The molecule has 202 valence electrons. The van der Waals surface area contributed by atoms with Crippen molar-refractivity contribution in [2.24, 2.45) is 0 Å². The van der Waals surface area contributed by atoms with Crippen LogP contribution in [0.5, 0.6) is 6.01 Å². The molecule has 2 aromatic carbocycles. The van der Waals surface area contributed by atoms with Crippen molar-refractivity contribution in [1.82, 2.24) is 24.8 Å². The van der Waals surface area contributed by atoms with Gasteiger partial charge >= 0.3 is 6.01 Å². The monoisotopic (exact) mass is 534 g/mol. The lowest BCUT2D eigenvalue weighted by Crippen LogP contribution is -2.39. The molecule has 2 atom stereocenters. The highest BCUT2D eigenvalue weighted by Gasteiger charge is 2.29. The minimum absolute atomic E-state index is 0.102. The summed E-state index contributed by atoms with van der Waals surface area (Å²) in [6.45, 7) is 4.17. The molecular weight excluding hydrogens is 503 g/mol. The third kappa shape index (κ3) is 4.42. The lowest BCUT2D eigenvalue weighted by Gasteiger charge is -2.36. The number of nitrogens with zero attached hydrogens (tertiary/aromatic N) is 6. The van der Waals surface area contributed by atoms with Crippen LogP contribution >= 0.6 is 0 Å². The fourth-order valence-corrected chi connectivity index (χ4v) is 6.13. The van der Waals surface area contributed by atoms with Gasteiger partial charge in [0.1, 0.15) is 18.2 Å². The molecule has 2 aliphatic heterocycles. The van der Waals surface area contributed by atoms with E-state index in [9.17, 15) is 4.39 Å². The van der Waals surface area contributed by atoms with Crippen molar-refractivity contribution in [2.45, 2.75) is 44.8 Å². The molecule has 8 heteroatoms. The Hall–Kier alpha value is -4.17. The van der Waals surface area contributed by atoms with Crippen LogP contribution in [0.2, 0.25) is 0 Å². The summed E-state index contributed by atoms with van der Waals surface area (Å²) in [5, 5.41) is 2.00. The number of ether oxygens (including phenoxy) is 1. The van der Waals surface area contributed by atoms with Gasteiger partial charge in [-0.05, 0) is 69.1 Å². The van der Waals surface area contributed by atoms with Crippen molar-refractivity contribution in [3.63, 3.8) is 0 Å². The molecule has 0 saturated carbocycles. The van der Waals surface area contributed by atoms with Crippen molar-refractivity contribution in [2.75, 3.05) is 25.1 Å². The number of hydrogen-bond donors (Lipinski definition) is 0. The minimum atomic E-state index is -0.278. The smallest absolute Gasteiger partial charge is 0.319 e. The number of para-hydroxylation sites is 1. The number of halogens is 1. The molecule has 0 bridgehead atoms. The third-order valence-electron chi connectivity index (χ3n) is 8.42. The lowest BCUT2D eigenvalue weighted by atomic mass is 9.95. The van der Waals surface area contributed by atoms with Gasteiger partial charge in [-0.2, -0.15) is 9.97 Å². The summed E-state index contributed by atoms with van der Waals surface area (Å²) in [4.78, 5) is 23.1. The number of aromatic nitrogens is 4. The van der Waals surface area contributed by atoms with Gasteiger partial charge in [-0.3, -0.25) is 9.97 Å². The van der Waals surface area contributed by atoms with E-state index in [0.717, 1.165) is 57.3 Å². The second-order valence-corrected chi connectivity index (χ2v) is 11.0. The Bertz CT molecular complexity index is 1720. The molecule has 1 saturated heterocycles. The van der Waals surface area contributed by atoms with Crippen molar-refractivity contribution in [3.8, 4) is 17.1 Å². The van der Waals surface area contributed by atoms with E-state index in [1.54, 1.807) is 6.20 Å². The van der Waals surface area contributed by atoms with Gasteiger partial charge < -0.3 is 14.5 Å². The summed E-state index contributed by atoms with van der Waals surface area (Å²) >= 11 is 0. The topological polar surface area (TPSA) is 67.3 Å². The minimum Gasteiger partial charge on any atom is -0.462 e. The molecule has 0 unspecified atom stereocenters. The number of benzene rings is 2. The first-order valence-corrected chi connectivity index (χ1v) is 13.9. The van der Waals surface area contributed by atoms with Crippen LogP contribution in [0.1, 0.15) is 30.9 Å². The summed E-state index contributed by atoms with van der Waals surface area (Å²) in [6, 6.07) is 17.3. The van der Waals surface area contributed by atoms with E-state index in [-0.39, 0.29) is 11.9 Å². The Balaban J connectivity index is 1.34. The van der Waals surface area contributed by atoms with Gasteiger partial charge in [0.25, 0.3) is 0 Å². The maximum absolute atomic E-state index is 14.8. The maximum atomic E-state index is 14.8. The maximum Gasteiger partial charge on any atom is 0.319 e. The first kappa shape index (κ1) is 24.8. The van der Waals surface area contributed by atoms with Gasteiger partial charge in [0.05, 0.1) is 17.2 Å². The zero-order valence-corrected chi connectivity index (χ0v) is 22.7. The van der Waals surface area contributed by atoms with Gasteiger partial charge in [0, 0.05) is 52.9 Å². The van der Waals surface area contributed by atoms with Crippen LogP contribution in [0, 0.1) is 5.82 Å². The van der Waals surface area contributed by atoms with Gasteiger partial charge in [0.2, 0.25) is 0 Å². The lowest BCUT2D eigenvalue weighted by molar-refractivity contribution is 0.188. The predicted molar refractivity (Wildman–Crippen MR) is 155 cm³/mol. The summed E-state index contributed by atoms with van der Waals surface area (Å²) in [7, 11) is 2.13. The quantitative estimate of drug-likeness (QED) is 0.282. The molecule has 0 spiro atoms. The first-order chi connectivity index (χ1) is 19.5. The number of likely N-dealkylation sites (N-methyl/N-ethyl adjacent to an activating group) is 1. The number of rotatable bonds is 5. The fraction of sp³-hybridized carbons (Fsp3) is 0.312. The van der Waals surface area contributed by atoms with Crippen LogP contribution in [0.15, 0.2) is 67.1 Å². The normalized spacial score (nSPS) is 19.3. The molecule has 5 aromatic rings. The summed E-state index contributed by atoms with van der Waals surface area (Å²) in [5.41, 5.74) is 5.44. The standard InChI is InChI=1S/C32H31FN6O/c1-20-14-23-16-34-17-28(33)27(23)18-39(20)31-26-11-10-22(25-9-3-6-21-7-4-12-35-30(21)25)15-29(26)36-32(37-31)40-19-24-8-5-13-38(24)2/h3-4,6-7,9-12,15-17,20,24H,5,8,13-14,18-19H2,1-2H3/t20-,24+/m1/s1. The molecule has 5 heterocycles. The van der Waals surface area contributed by atoms with E-state index in [4.69, 9.17) is 14.7 Å². The highest BCUT2D eigenvalue weighted by Crippen LogP contribution is 2.36. The first-order valence-electron chi connectivity index (χ1n) is 13.9. The number of likely N-dealkylation sites (tertiary alicyclic amines) is 1. The van der Waals surface area contributed by atoms with Crippen molar-refractivity contribution in [3.05, 3.63) is 84.1 Å². The largest absolute Gasteiger partial charge is 0.462 e. The summed E-state index contributed by atoms with van der Waals surface area (Å²) < 4.78 is 21.1. The summed E-state index contributed by atoms with van der Waals surface area (Å²) in [5.74, 6) is 0.482. The Kier molecular flexibility index (Phi) is 6.27. The molecule has 2 aliphatic rings. The van der Waals surface area contributed by atoms with Gasteiger partial charge in [0.15, 0.2) is 0 Å². The Morgan fingerprint density at radius 1 is 1.07 bits per heavy atom. The zero-order valence-electron chi connectivity index (χ0n) is 22.7. The van der Waals surface area contributed by atoms with Crippen LogP contribution in [0.4, 0.5) is 10.2 Å². The zero-order chi connectivity index (χ0) is 27.2. The second kappa shape index (κ2) is 10.1. The van der Waals surface area contributed by atoms with Crippen molar-refractivity contribution >= 4 is 27.6 Å². The third-order valence-corrected chi connectivity index (χ3v) is 8.42. The van der Waals surface area contributed by atoms with E-state index >= 15 is 0 Å². The van der Waals surface area contributed by atoms with Gasteiger partial charge in [-0.15, -0.1) is 0 Å².